The summed E-state index contributed by atoms with van der Waals surface area (Å²) >= 11 is 3.49. The normalized spacial score (nSPS) is 14.5. The standard InChI is InChI=1S/C14H16N2OS2/c17-14(16-11-3-4-11)8-15-7-12-6-10(9-19-12)13-2-1-5-18-13/h1-2,5-6,9,11,15H,3-4,7-8H2,(H,16,17). The smallest absolute Gasteiger partial charge is 0.234 e. The van der Waals surface area contributed by atoms with Gasteiger partial charge in [-0.3, -0.25) is 4.79 Å². The molecule has 1 amide bonds. The lowest BCUT2D eigenvalue weighted by Gasteiger charge is -2.03. The van der Waals surface area contributed by atoms with Crippen molar-refractivity contribution in [2.24, 2.45) is 0 Å². The molecular weight excluding hydrogens is 276 g/mol. The molecule has 2 aromatic heterocycles. The number of carbonyl (C=O) groups excluding carboxylic acids is 1. The summed E-state index contributed by atoms with van der Waals surface area (Å²) in [7, 11) is 0. The third-order valence-corrected chi connectivity index (χ3v) is 4.84. The van der Waals surface area contributed by atoms with E-state index in [1.165, 1.54) is 15.3 Å². The molecule has 1 aliphatic rings. The third kappa shape index (κ3) is 3.65. The van der Waals surface area contributed by atoms with E-state index in [1.54, 1.807) is 22.7 Å². The maximum Gasteiger partial charge on any atom is 0.234 e. The Kier molecular flexibility index (Phi) is 3.96. The van der Waals surface area contributed by atoms with Crippen LogP contribution in [-0.4, -0.2) is 18.5 Å². The van der Waals surface area contributed by atoms with Gasteiger partial charge in [0.25, 0.3) is 0 Å². The van der Waals surface area contributed by atoms with Crippen LogP contribution in [-0.2, 0) is 11.3 Å². The molecule has 0 bridgehead atoms. The summed E-state index contributed by atoms with van der Waals surface area (Å²) in [5.74, 6) is 0.109. The lowest BCUT2D eigenvalue weighted by Crippen LogP contribution is -2.34. The SMILES string of the molecule is O=C(CNCc1cc(-c2cccs2)cs1)NC1CC1. The summed E-state index contributed by atoms with van der Waals surface area (Å²) in [5, 5.41) is 10.4. The highest BCUT2D eigenvalue weighted by atomic mass is 32.1. The molecule has 0 radical (unpaired) electrons. The van der Waals surface area contributed by atoms with Crippen molar-refractivity contribution in [1.29, 1.82) is 0 Å². The molecule has 3 nitrogen and oxygen atoms in total. The maximum absolute atomic E-state index is 11.5. The Bertz CT molecular complexity index is 544. The summed E-state index contributed by atoms with van der Waals surface area (Å²) in [5.41, 5.74) is 1.28. The second-order valence-electron chi connectivity index (χ2n) is 4.72. The van der Waals surface area contributed by atoms with Crippen molar-refractivity contribution < 1.29 is 4.79 Å². The van der Waals surface area contributed by atoms with Gasteiger partial charge in [0.05, 0.1) is 6.54 Å². The molecule has 2 aromatic rings. The molecule has 0 saturated heterocycles. The third-order valence-electron chi connectivity index (χ3n) is 2.99. The molecule has 2 N–H and O–H groups in total. The molecule has 0 aliphatic heterocycles. The van der Waals surface area contributed by atoms with Gasteiger partial charge in [0.15, 0.2) is 0 Å². The summed E-state index contributed by atoms with van der Waals surface area (Å²) in [6.07, 6.45) is 2.28. The molecule has 2 heterocycles. The van der Waals surface area contributed by atoms with Crippen LogP contribution in [0, 0.1) is 0 Å². The van der Waals surface area contributed by atoms with Crippen LogP contribution in [0.4, 0.5) is 0 Å². The molecule has 3 rings (SSSR count). The molecule has 100 valence electrons. The van der Waals surface area contributed by atoms with Crippen molar-refractivity contribution in [2.45, 2.75) is 25.4 Å². The minimum absolute atomic E-state index is 0.109. The number of rotatable bonds is 6. The van der Waals surface area contributed by atoms with Crippen LogP contribution in [0.15, 0.2) is 29.0 Å². The fourth-order valence-electron chi connectivity index (χ4n) is 1.85. The Morgan fingerprint density at radius 3 is 3.00 bits per heavy atom. The van der Waals surface area contributed by atoms with Crippen LogP contribution in [0.3, 0.4) is 0 Å². The molecule has 1 fully saturated rings. The van der Waals surface area contributed by atoms with Crippen molar-refractivity contribution in [1.82, 2.24) is 10.6 Å². The van der Waals surface area contributed by atoms with E-state index in [4.69, 9.17) is 0 Å². The monoisotopic (exact) mass is 292 g/mol. The van der Waals surface area contributed by atoms with Crippen LogP contribution < -0.4 is 10.6 Å². The van der Waals surface area contributed by atoms with Crippen LogP contribution in [0.2, 0.25) is 0 Å². The molecule has 0 atom stereocenters. The van der Waals surface area contributed by atoms with Gasteiger partial charge in [0, 0.05) is 27.9 Å². The van der Waals surface area contributed by atoms with Gasteiger partial charge in [-0.1, -0.05) is 6.07 Å². The predicted molar refractivity (Wildman–Crippen MR) is 80.5 cm³/mol. The average molecular weight is 292 g/mol. The van der Waals surface area contributed by atoms with Gasteiger partial charge in [-0.05, 0) is 35.7 Å². The molecular formula is C14H16N2OS2. The zero-order chi connectivity index (χ0) is 13.1. The zero-order valence-corrected chi connectivity index (χ0v) is 12.2. The first kappa shape index (κ1) is 12.8. The maximum atomic E-state index is 11.5. The van der Waals surface area contributed by atoms with Gasteiger partial charge < -0.3 is 10.6 Å². The van der Waals surface area contributed by atoms with Crippen LogP contribution in [0.5, 0.6) is 0 Å². The van der Waals surface area contributed by atoms with E-state index < -0.39 is 0 Å². The molecule has 0 unspecified atom stereocenters. The number of hydrogen-bond acceptors (Lipinski definition) is 4. The Labute approximate surface area is 120 Å². The van der Waals surface area contributed by atoms with E-state index in [2.05, 4.69) is 39.6 Å². The fourth-order valence-corrected chi connectivity index (χ4v) is 3.49. The number of carbonyl (C=O) groups is 1. The molecule has 1 aliphatic carbocycles. The Balaban J connectivity index is 1.46. The lowest BCUT2D eigenvalue weighted by molar-refractivity contribution is -0.120. The number of amides is 1. The minimum atomic E-state index is 0.109. The molecule has 0 spiro atoms. The molecule has 0 aromatic carbocycles. The molecule has 5 heteroatoms. The first-order valence-electron chi connectivity index (χ1n) is 6.42. The van der Waals surface area contributed by atoms with Gasteiger partial charge in [-0.15, -0.1) is 22.7 Å². The van der Waals surface area contributed by atoms with E-state index in [0.717, 1.165) is 19.4 Å². The summed E-state index contributed by atoms with van der Waals surface area (Å²) in [6.45, 7) is 1.16. The number of hydrogen-bond donors (Lipinski definition) is 2. The van der Waals surface area contributed by atoms with Gasteiger partial charge >= 0.3 is 0 Å². The Morgan fingerprint density at radius 1 is 1.37 bits per heavy atom. The highest BCUT2D eigenvalue weighted by Crippen LogP contribution is 2.29. The van der Waals surface area contributed by atoms with E-state index in [0.29, 0.717) is 12.6 Å². The van der Waals surface area contributed by atoms with E-state index in [9.17, 15) is 4.79 Å². The van der Waals surface area contributed by atoms with Crippen molar-refractivity contribution >= 4 is 28.6 Å². The molecule has 19 heavy (non-hydrogen) atoms. The average Bonchev–Trinajstić information content (AvgIpc) is 2.91. The number of nitrogens with one attached hydrogen (secondary N) is 2. The quantitative estimate of drug-likeness (QED) is 0.859. The van der Waals surface area contributed by atoms with Gasteiger partial charge in [-0.25, -0.2) is 0 Å². The first-order valence-corrected chi connectivity index (χ1v) is 8.18. The van der Waals surface area contributed by atoms with Crippen molar-refractivity contribution in [3.63, 3.8) is 0 Å². The summed E-state index contributed by atoms with van der Waals surface area (Å²) < 4.78 is 0. The van der Waals surface area contributed by atoms with Gasteiger partial charge in [0.2, 0.25) is 5.91 Å². The van der Waals surface area contributed by atoms with E-state index in [1.807, 2.05) is 0 Å². The van der Waals surface area contributed by atoms with Crippen LogP contribution in [0.1, 0.15) is 17.7 Å². The predicted octanol–water partition coefficient (Wildman–Crippen LogP) is 2.84. The van der Waals surface area contributed by atoms with Gasteiger partial charge in [0.1, 0.15) is 0 Å². The summed E-state index contributed by atoms with van der Waals surface area (Å²) in [4.78, 5) is 14.1. The highest BCUT2D eigenvalue weighted by Gasteiger charge is 2.22. The second kappa shape index (κ2) is 5.86. The largest absolute Gasteiger partial charge is 0.352 e. The topological polar surface area (TPSA) is 41.1 Å². The highest BCUT2D eigenvalue weighted by molar-refractivity contribution is 7.14. The van der Waals surface area contributed by atoms with E-state index >= 15 is 0 Å². The zero-order valence-electron chi connectivity index (χ0n) is 10.5. The minimum Gasteiger partial charge on any atom is -0.352 e. The Hall–Kier alpha value is -1.17. The van der Waals surface area contributed by atoms with Crippen LogP contribution >= 0.6 is 22.7 Å². The fraction of sp³-hybridized carbons (Fsp3) is 0.357. The molecule has 1 saturated carbocycles. The van der Waals surface area contributed by atoms with E-state index in [-0.39, 0.29) is 5.91 Å². The number of thiophene rings is 2. The van der Waals surface area contributed by atoms with Crippen molar-refractivity contribution in [3.05, 3.63) is 33.8 Å². The summed E-state index contributed by atoms with van der Waals surface area (Å²) in [6, 6.07) is 6.84. The second-order valence-corrected chi connectivity index (χ2v) is 6.67. The first-order chi connectivity index (χ1) is 9.31. The lowest BCUT2D eigenvalue weighted by atomic mass is 10.2. The van der Waals surface area contributed by atoms with Crippen molar-refractivity contribution in [3.8, 4) is 10.4 Å². The van der Waals surface area contributed by atoms with Crippen LogP contribution in [0.25, 0.3) is 10.4 Å². The van der Waals surface area contributed by atoms with Crippen molar-refractivity contribution in [2.75, 3.05) is 6.54 Å². The Morgan fingerprint density at radius 2 is 2.26 bits per heavy atom. The van der Waals surface area contributed by atoms with Gasteiger partial charge in [-0.2, -0.15) is 0 Å².